The molecule has 2 rings (SSSR count). The van der Waals surface area contributed by atoms with Crippen molar-refractivity contribution in [2.24, 2.45) is 11.7 Å². The van der Waals surface area contributed by atoms with E-state index in [1.165, 1.54) is 26.0 Å². The molecule has 0 aromatic heterocycles. The molecular formula is C12H16N2O4. The maximum atomic E-state index is 10.8. The fourth-order valence-corrected chi connectivity index (χ4v) is 1.97. The zero-order valence-corrected chi connectivity index (χ0v) is 10.1. The van der Waals surface area contributed by atoms with E-state index in [9.17, 15) is 15.2 Å². The van der Waals surface area contributed by atoms with Crippen LogP contribution in [0.4, 0.5) is 5.69 Å². The van der Waals surface area contributed by atoms with Crippen LogP contribution in [-0.4, -0.2) is 17.1 Å². The Morgan fingerprint density at radius 3 is 2.78 bits per heavy atom. The summed E-state index contributed by atoms with van der Waals surface area (Å²) in [7, 11) is 1.36. The van der Waals surface area contributed by atoms with Crippen LogP contribution in [-0.2, 0) is 0 Å². The summed E-state index contributed by atoms with van der Waals surface area (Å²) in [5, 5.41) is 20.5. The Morgan fingerprint density at radius 2 is 2.28 bits per heavy atom. The standard InChI is InChI=1S/C12H16N2O4/c1-18-11-6-8(9(13)4-7-2-3-7)5-10(12(11)15)14(16)17/h5-7,9,15H,2-4,13H2,1H3/t9-/m1/s1. The first-order valence-electron chi connectivity index (χ1n) is 5.83. The maximum absolute atomic E-state index is 10.8. The predicted octanol–water partition coefficient (Wildman–Crippen LogP) is 2.11. The number of aromatic hydroxyl groups is 1. The van der Waals surface area contributed by atoms with Crippen molar-refractivity contribution in [3.05, 3.63) is 27.8 Å². The van der Waals surface area contributed by atoms with Crippen molar-refractivity contribution in [1.82, 2.24) is 0 Å². The first-order valence-corrected chi connectivity index (χ1v) is 5.83. The molecule has 0 bridgehead atoms. The van der Waals surface area contributed by atoms with Crippen molar-refractivity contribution in [1.29, 1.82) is 0 Å². The van der Waals surface area contributed by atoms with Crippen molar-refractivity contribution in [3.63, 3.8) is 0 Å². The van der Waals surface area contributed by atoms with Crippen LogP contribution in [0.3, 0.4) is 0 Å². The van der Waals surface area contributed by atoms with E-state index in [2.05, 4.69) is 0 Å². The molecule has 1 aliphatic rings. The summed E-state index contributed by atoms with van der Waals surface area (Å²) in [5.74, 6) is 0.258. The molecular weight excluding hydrogens is 236 g/mol. The van der Waals surface area contributed by atoms with Crippen LogP contribution in [0.1, 0.15) is 30.9 Å². The van der Waals surface area contributed by atoms with E-state index in [-0.39, 0.29) is 17.5 Å². The Bertz CT molecular complexity index is 471. The highest BCUT2D eigenvalue weighted by atomic mass is 16.6. The first-order chi connectivity index (χ1) is 8.52. The highest BCUT2D eigenvalue weighted by Crippen LogP contribution is 2.41. The van der Waals surface area contributed by atoms with Crippen molar-refractivity contribution in [2.75, 3.05) is 7.11 Å². The number of nitro groups is 1. The molecule has 18 heavy (non-hydrogen) atoms. The highest BCUT2D eigenvalue weighted by molar-refractivity contribution is 5.57. The zero-order valence-electron chi connectivity index (χ0n) is 10.1. The summed E-state index contributed by atoms with van der Waals surface area (Å²) in [6.45, 7) is 0. The normalized spacial score (nSPS) is 16.3. The number of phenols is 1. The van der Waals surface area contributed by atoms with Gasteiger partial charge in [-0.25, -0.2) is 0 Å². The van der Waals surface area contributed by atoms with E-state index in [4.69, 9.17) is 10.5 Å². The molecule has 0 heterocycles. The van der Waals surface area contributed by atoms with Crippen molar-refractivity contribution in [2.45, 2.75) is 25.3 Å². The van der Waals surface area contributed by atoms with E-state index >= 15 is 0 Å². The molecule has 1 fully saturated rings. The number of rotatable bonds is 5. The van der Waals surface area contributed by atoms with E-state index in [1.54, 1.807) is 6.07 Å². The molecule has 1 aromatic carbocycles. The lowest BCUT2D eigenvalue weighted by Gasteiger charge is -2.13. The number of nitrogens with zero attached hydrogens (tertiary/aromatic N) is 1. The van der Waals surface area contributed by atoms with Gasteiger partial charge in [0.2, 0.25) is 5.75 Å². The highest BCUT2D eigenvalue weighted by Gasteiger charge is 2.27. The minimum absolute atomic E-state index is 0.0884. The second-order valence-electron chi connectivity index (χ2n) is 4.63. The number of hydrogen-bond acceptors (Lipinski definition) is 5. The van der Waals surface area contributed by atoms with Gasteiger partial charge in [0.25, 0.3) is 0 Å². The fourth-order valence-electron chi connectivity index (χ4n) is 1.97. The Kier molecular flexibility index (Phi) is 3.38. The van der Waals surface area contributed by atoms with Gasteiger partial charge in [-0.2, -0.15) is 0 Å². The van der Waals surface area contributed by atoms with Crippen molar-refractivity contribution >= 4 is 5.69 Å². The third-order valence-corrected chi connectivity index (χ3v) is 3.21. The van der Waals surface area contributed by atoms with Gasteiger partial charge < -0.3 is 15.6 Å². The SMILES string of the molecule is COc1cc([C@H](N)CC2CC2)cc([N+](=O)[O-])c1O. The number of nitro benzene ring substituents is 1. The minimum atomic E-state index is -0.634. The van der Waals surface area contributed by atoms with E-state index in [0.717, 1.165) is 6.42 Å². The van der Waals surface area contributed by atoms with Gasteiger partial charge in [0, 0.05) is 12.1 Å². The third kappa shape index (κ3) is 2.53. The number of methoxy groups -OCH3 is 1. The van der Waals surface area contributed by atoms with Gasteiger partial charge in [-0.15, -0.1) is 0 Å². The van der Waals surface area contributed by atoms with E-state index in [1.807, 2.05) is 0 Å². The van der Waals surface area contributed by atoms with Crippen LogP contribution >= 0.6 is 0 Å². The Hall–Kier alpha value is -1.82. The molecule has 1 atom stereocenters. The Morgan fingerprint density at radius 1 is 1.61 bits per heavy atom. The summed E-state index contributed by atoms with van der Waals surface area (Å²) < 4.78 is 4.94. The van der Waals surface area contributed by atoms with E-state index < -0.39 is 10.7 Å². The lowest BCUT2D eigenvalue weighted by Crippen LogP contribution is -2.11. The van der Waals surface area contributed by atoms with Gasteiger partial charge in [-0.1, -0.05) is 12.8 Å². The van der Waals surface area contributed by atoms with Crippen LogP contribution < -0.4 is 10.5 Å². The quantitative estimate of drug-likeness (QED) is 0.617. The predicted molar refractivity (Wildman–Crippen MR) is 65.6 cm³/mol. The van der Waals surface area contributed by atoms with Crippen LogP contribution in [0.2, 0.25) is 0 Å². The average molecular weight is 252 g/mol. The lowest BCUT2D eigenvalue weighted by atomic mass is 10.0. The van der Waals surface area contributed by atoms with Gasteiger partial charge in [-0.3, -0.25) is 10.1 Å². The largest absolute Gasteiger partial charge is 0.500 e. The Balaban J connectivity index is 2.34. The summed E-state index contributed by atoms with van der Waals surface area (Å²) >= 11 is 0. The molecule has 0 aliphatic heterocycles. The maximum Gasteiger partial charge on any atom is 0.314 e. The van der Waals surface area contributed by atoms with Gasteiger partial charge >= 0.3 is 5.69 Å². The van der Waals surface area contributed by atoms with Gasteiger partial charge in [0.15, 0.2) is 5.75 Å². The second-order valence-corrected chi connectivity index (χ2v) is 4.63. The van der Waals surface area contributed by atoms with E-state index in [0.29, 0.717) is 11.5 Å². The van der Waals surface area contributed by atoms with Crippen LogP contribution in [0.5, 0.6) is 11.5 Å². The van der Waals surface area contributed by atoms with Crippen molar-refractivity contribution < 1.29 is 14.8 Å². The number of phenolic OH excluding ortho intramolecular Hbond substituents is 1. The second kappa shape index (κ2) is 4.81. The first kappa shape index (κ1) is 12.6. The van der Waals surface area contributed by atoms with Gasteiger partial charge in [0.05, 0.1) is 12.0 Å². The lowest BCUT2D eigenvalue weighted by molar-refractivity contribution is -0.386. The van der Waals surface area contributed by atoms with Gasteiger partial charge in [-0.05, 0) is 24.0 Å². The summed E-state index contributed by atoms with van der Waals surface area (Å²) in [4.78, 5) is 10.2. The number of nitrogens with two attached hydrogens (primary N) is 1. The van der Waals surface area contributed by atoms with Crippen LogP contribution in [0, 0.1) is 16.0 Å². The minimum Gasteiger partial charge on any atom is -0.500 e. The Labute approximate surface area is 105 Å². The number of hydrogen-bond donors (Lipinski definition) is 2. The van der Waals surface area contributed by atoms with Crippen LogP contribution in [0.25, 0.3) is 0 Å². The molecule has 6 nitrogen and oxygen atoms in total. The topological polar surface area (TPSA) is 98.6 Å². The van der Waals surface area contributed by atoms with Crippen LogP contribution in [0.15, 0.2) is 12.1 Å². The zero-order chi connectivity index (χ0) is 13.3. The molecule has 0 unspecified atom stereocenters. The monoisotopic (exact) mass is 252 g/mol. The third-order valence-electron chi connectivity index (χ3n) is 3.21. The molecule has 6 heteroatoms. The fraction of sp³-hybridized carbons (Fsp3) is 0.500. The molecule has 0 radical (unpaired) electrons. The summed E-state index contributed by atoms with van der Waals surface area (Å²) in [6, 6.07) is 2.63. The smallest absolute Gasteiger partial charge is 0.314 e. The number of ether oxygens (including phenoxy) is 1. The average Bonchev–Trinajstić information content (AvgIpc) is 3.12. The molecule has 3 N–H and O–H groups in total. The molecule has 0 spiro atoms. The molecule has 0 saturated heterocycles. The summed E-state index contributed by atoms with van der Waals surface area (Å²) in [6.07, 6.45) is 3.15. The van der Waals surface area contributed by atoms with Gasteiger partial charge in [0.1, 0.15) is 0 Å². The number of benzene rings is 1. The molecule has 98 valence electrons. The van der Waals surface area contributed by atoms with Crippen molar-refractivity contribution in [3.8, 4) is 11.5 Å². The molecule has 1 saturated carbocycles. The molecule has 1 aromatic rings. The summed E-state index contributed by atoms with van der Waals surface area (Å²) in [5.41, 5.74) is 6.28. The molecule has 0 amide bonds. The molecule has 1 aliphatic carbocycles.